The quantitative estimate of drug-likeness (QED) is 0.357. The van der Waals surface area contributed by atoms with Crippen LogP contribution in [0.1, 0.15) is 31.9 Å². The molecule has 1 atom stereocenters. The Bertz CT molecular complexity index is 555. The summed E-state index contributed by atoms with van der Waals surface area (Å²) in [7, 11) is 1.70. The van der Waals surface area contributed by atoms with Gasteiger partial charge in [0.15, 0.2) is 5.96 Å². The van der Waals surface area contributed by atoms with Gasteiger partial charge in [-0.2, -0.15) is 5.10 Å². The maximum atomic E-state index is 11.7. The number of nitrogens with one attached hydrogen (secondary N) is 3. The molecule has 8 nitrogen and oxygen atoms in total. The lowest BCUT2D eigenvalue weighted by atomic mass is 10.1. The summed E-state index contributed by atoms with van der Waals surface area (Å²) in [6, 6.07) is 0.365. The molecule has 0 bridgehead atoms. The Balaban J connectivity index is 0.00000264. The van der Waals surface area contributed by atoms with Crippen LogP contribution in [0.4, 0.5) is 0 Å². The standard InChI is InChI=1S/C14H25N7O.HI/c1-9(2)17-13(22)7-16-14(15-4)19-11-5-6-12-18-10(3)20-21(12)8-11;/h9,11H,5-8H2,1-4H3,(H,17,22)(H2,15,16,19);1H. The number of hydrogen-bond acceptors (Lipinski definition) is 4. The normalized spacial score (nSPS) is 17.3. The van der Waals surface area contributed by atoms with E-state index in [9.17, 15) is 4.79 Å². The average Bonchev–Trinajstić information content (AvgIpc) is 2.81. The van der Waals surface area contributed by atoms with Crippen LogP contribution in [0.15, 0.2) is 4.99 Å². The molecule has 0 saturated carbocycles. The number of aromatic nitrogens is 3. The molecule has 0 saturated heterocycles. The molecule has 0 fully saturated rings. The molecule has 1 aromatic heterocycles. The second-order valence-corrected chi connectivity index (χ2v) is 5.79. The van der Waals surface area contributed by atoms with E-state index >= 15 is 0 Å². The number of halogens is 1. The van der Waals surface area contributed by atoms with E-state index < -0.39 is 0 Å². The maximum Gasteiger partial charge on any atom is 0.239 e. The molecule has 1 unspecified atom stereocenters. The van der Waals surface area contributed by atoms with Gasteiger partial charge in [-0.25, -0.2) is 9.67 Å². The van der Waals surface area contributed by atoms with E-state index in [1.807, 2.05) is 25.5 Å². The van der Waals surface area contributed by atoms with Crippen molar-refractivity contribution < 1.29 is 4.79 Å². The second-order valence-electron chi connectivity index (χ2n) is 5.79. The van der Waals surface area contributed by atoms with E-state index in [0.717, 1.165) is 31.0 Å². The van der Waals surface area contributed by atoms with E-state index in [-0.39, 0.29) is 48.5 Å². The van der Waals surface area contributed by atoms with Gasteiger partial charge in [0.1, 0.15) is 11.6 Å². The smallest absolute Gasteiger partial charge is 0.239 e. The summed E-state index contributed by atoms with van der Waals surface area (Å²) in [5, 5.41) is 13.6. The highest BCUT2D eigenvalue weighted by molar-refractivity contribution is 14.0. The number of carbonyl (C=O) groups excluding carboxylic acids is 1. The highest BCUT2D eigenvalue weighted by Gasteiger charge is 2.21. The summed E-state index contributed by atoms with van der Waals surface area (Å²) in [6.07, 6.45) is 1.86. The van der Waals surface area contributed by atoms with E-state index in [1.54, 1.807) is 7.05 Å². The maximum absolute atomic E-state index is 11.7. The fourth-order valence-electron chi connectivity index (χ4n) is 2.48. The first-order chi connectivity index (χ1) is 10.5. The molecule has 2 heterocycles. The number of fused-ring (bicyclic) bond motifs is 1. The second kappa shape index (κ2) is 9.04. The Morgan fingerprint density at radius 1 is 1.48 bits per heavy atom. The van der Waals surface area contributed by atoms with Crippen molar-refractivity contribution in [2.24, 2.45) is 4.99 Å². The van der Waals surface area contributed by atoms with Crippen molar-refractivity contribution in [2.75, 3.05) is 13.6 Å². The summed E-state index contributed by atoms with van der Waals surface area (Å²) in [6.45, 7) is 6.74. The third-order valence-electron chi connectivity index (χ3n) is 3.39. The van der Waals surface area contributed by atoms with Gasteiger partial charge in [-0.3, -0.25) is 9.79 Å². The number of guanidine groups is 1. The van der Waals surface area contributed by atoms with Gasteiger partial charge in [0, 0.05) is 25.6 Å². The fourth-order valence-corrected chi connectivity index (χ4v) is 2.48. The lowest BCUT2D eigenvalue weighted by molar-refractivity contribution is -0.120. The molecule has 2 rings (SSSR count). The van der Waals surface area contributed by atoms with Crippen molar-refractivity contribution in [2.45, 2.75) is 52.2 Å². The van der Waals surface area contributed by atoms with Gasteiger partial charge in [0.2, 0.25) is 5.91 Å². The molecule has 130 valence electrons. The molecule has 1 aromatic rings. The highest BCUT2D eigenvalue weighted by Crippen LogP contribution is 2.12. The van der Waals surface area contributed by atoms with Crippen LogP contribution in [0.3, 0.4) is 0 Å². The van der Waals surface area contributed by atoms with Crippen molar-refractivity contribution in [3.63, 3.8) is 0 Å². The molecule has 3 N–H and O–H groups in total. The number of aryl methyl sites for hydroxylation is 2. The Hall–Kier alpha value is -1.39. The zero-order valence-electron chi connectivity index (χ0n) is 14.1. The zero-order valence-corrected chi connectivity index (χ0v) is 16.4. The number of hydrogen-bond donors (Lipinski definition) is 3. The van der Waals surface area contributed by atoms with Crippen molar-refractivity contribution in [3.8, 4) is 0 Å². The molecular weight excluding hydrogens is 409 g/mol. The topological polar surface area (TPSA) is 96.2 Å². The molecule has 1 aliphatic heterocycles. The minimum atomic E-state index is -0.0456. The van der Waals surface area contributed by atoms with Crippen LogP contribution in [0.25, 0.3) is 0 Å². The lowest BCUT2D eigenvalue weighted by Gasteiger charge is -2.25. The Morgan fingerprint density at radius 2 is 2.22 bits per heavy atom. The molecule has 1 aliphatic rings. The van der Waals surface area contributed by atoms with Crippen LogP contribution in [0.5, 0.6) is 0 Å². The first-order valence-electron chi connectivity index (χ1n) is 7.64. The predicted molar refractivity (Wildman–Crippen MR) is 100 cm³/mol. The van der Waals surface area contributed by atoms with Crippen LogP contribution in [-0.4, -0.2) is 52.3 Å². The van der Waals surface area contributed by atoms with E-state index in [1.165, 1.54) is 0 Å². The van der Waals surface area contributed by atoms with Crippen LogP contribution in [0, 0.1) is 6.92 Å². The van der Waals surface area contributed by atoms with Gasteiger partial charge in [0.05, 0.1) is 13.1 Å². The number of carbonyl (C=O) groups is 1. The number of aliphatic imine (C=N–C) groups is 1. The number of nitrogens with zero attached hydrogens (tertiary/aromatic N) is 4. The van der Waals surface area contributed by atoms with Gasteiger partial charge in [-0.05, 0) is 27.2 Å². The van der Waals surface area contributed by atoms with Crippen molar-refractivity contribution >= 4 is 35.8 Å². The predicted octanol–water partition coefficient (Wildman–Crippen LogP) is 0.209. The minimum absolute atomic E-state index is 0. The van der Waals surface area contributed by atoms with E-state index in [4.69, 9.17) is 0 Å². The van der Waals surface area contributed by atoms with Gasteiger partial charge in [-0.15, -0.1) is 24.0 Å². The Labute approximate surface area is 153 Å². The van der Waals surface area contributed by atoms with Gasteiger partial charge in [0.25, 0.3) is 0 Å². The minimum Gasteiger partial charge on any atom is -0.352 e. The largest absolute Gasteiger partial charge is 0.352 e. The Kier molecular flexibility index (Phi) is 7.73. The van der Waals surface area contributed by atoms with Crippen LogP contribution >= 0.6 is 24.0 Å². The summed E-state index contributed by atoms with van der Waals surface area (Å²) < 4.78 is 1.94. The highest BCUT2D eigenvalue weighted by atomic mass is 127. The van der Waals surface area contributed by atoms with E-state index in [2.05, 4.69) is 31.0 Å². The summed E-state index contributed by atoms with van der Waals surface area (Å²) in [5.74, 6) is 2.43. The third kappa shape index (κ3) is 5.96. The molecule has 1 amide bonds. The average molecular weight is 435 g/mol. The summed E-state index contributed by atoms with van der Waals surface area (Å²) >= 11 is 0. The Morgan fingerprint density at radius 3 is 2.87 bits per heavy atom. The third-order valence-corrected chi connectivity index (χ3v) is 3.39. The molecule has 0 aliphatic carbocycles. The first kappa shape index (κ1) is 19.7. The SMILES string of the molecule is CN=C(NCC(=O)NC(C)C)NC1CCc2nc(C)nn2C1.I. The van der Waals surface area contributed by atoms with Crippen LogP contribution in [0.2, 0.25) is 0 Å². The van der Waals surface area contributed by atoms with Crippen molar-refractivity contribution in [1.29, 1.82) is 0 Å². The van der Waals surface area contributed by atoms with Crippen LogP contribution < -0.4 is 16.0 Å². The van der Waals surface area contributed by atoms with Crippen LogP contribution in [-0.2, 0) is 17.8 Å². The number of amides is 1. The van der Waals surface area contributed by atoms with Crippen molar-refractivity contribution in [1.82, 2.24) is 30.7 Å². The van der Waals surface area contributed by atoms with Gasteiger partial charge < -0.3 is 16.0 Å². The van der Waals surface area contributed by atoms with Crippen molar-refractivity contribution in [3.05, 3.63) is 11.6 Å². The first-order valence-corrected chi connectivity index (χ1v) is 7.64. The molecule has 23 heavy (non-hydrogen) atoms. The molecule has 0 radical (unpaired) electrons. The molecule has 9 heteroatoms. The number of rotatable bonds is 4. The monoisotopic (exact) mass is 435 g/mol. The van der Waals surface area contributed by atoms with E-state index in [0.29, 0.717) is 5.96 Å². The van der Waals surface area contributed by atoms with Gasteiger partial charge >= 0.3 is 0 Å². The molecule has 0 spiro atoms. The summed E-state index contributed by atoms with van der Waals surface area (Å²) in [5.41, 5.74) is 0. The fraction of sp³-hybridized carbons (Fsp3) is 0.714. The van der Waals surface area contributed by atoms with Gasteiger partial charge in [-0.1, -0.05) is 0 Å². The summed E-state index contributed by atoms with van der Waals surface area (Å²) in [4.78, 5) is 20.2. The molecular formula is C14H26IN7O. The molecule has 0 aromatic carbocycles. The lowest BCUT2D eigenvalue weighted by Crippen LogP contribution is -2.49. The zero-order chi connectivity index (χ0) is 16.1.